The Labute approximate surface area is 158 Å². The second-order valence-electron chi connectivity index (χ2n) is 3.64. The number of nitrogens with two attached hydrogens (primary N) is 2. The monoisotopic (exact) mass is 292 g/mol. The molecule has 0 aromatic carbocycles. The van der Waals surface area contributed by atoms with Crippen molar-refractivity contribution in [3.05, 3.63) is 16.6 Å². The van der Waals surface area contributed by atoms with E-state index in [2.05, 4.69) is 10.4 Å². The van der Waals surface area contributed by atoms with E-state index in [9.17, 15) is 0 Å². The van der Waals surface area contributed by atoms with Crippen LogP contribution in [0.1, 0.15) is 37.9 Å². The van der Waals surface area contributed by atoms with Gasteiger partial charge in [0.15, 0.2) is 0 Å². The van der Waals surface area contributed by atoms with Crippen LogP contribution in [0.4, 0.5) is 5.82 Å². The van der Waals surface area contributed by atoms with Crippen molar-refractivity contribution in [2.75, 3.05) is 13.6 Å². The van der Waals surface area contributed by atoms with Gasteiger partial charge in [-0.1, -0.05) is 27.3 Å². The number of unbranched alkanes of at least 4 members (excludes halogenated alkanes) is 1. The quantitative estimate of drug-likeness (QED) is 0.267. The molecule has 19 heavy (non-hydrogen) atoms. The molecule has 1 aromatic heterocycles. The van der Waals surface area contributed by atoms with Gasteiger partial charge >= 0.3 is 51.4 Å². The average Bonchev–Trinajstić information content (AvgIpc) is 2.68. The molecule has 0 amide bonds. The Morgan fingerprint density at radius 1 is 1.37 bits per heavy atom. The Balaban J connectivity index is 0. The van der Waals surface area contributed by atoms with Crippen molar-refractivity contribution in [3.8, 4) is 0 Å². The second-order valence-corrected chi connectivity index (χ2v) is 3.64. The first-order valence-electron chi connectivity index (χ1n) is 6.33. The van der Waals surface area contributed by atoms with Gasteiger partial charge in [0.1, 0.15) is 5.84 Å². The number of aromatic nitrogens is 2. The maximum atomic E-state index is 7.49. The van der Waals surface area contributed by atoms with E-state index in [1.807, 2.05) is 20.8 Å². The number of amidine groups is 1. The summed E-state index contributed by atoms with van der Waals surface area (Å²) < 4.78 is 1.79. The predicted octanol–water partition coefficient (Wildman–Crippen LogP) is -1.12. The molecule has 0 radical (unpaired) electrons. The molecule has 0 saturated heterocycles. The first-order valence-corrected chi connectivity index (χ1v) is 6.33. The molecule has 1 aromatic rings. The molecule has 0 saturated carbocycles. The van der Waals surface area contributed by atoms with Crippen molar-refractivity contribution in [2.45, 2.75) is 40.2 Å². The summed E-state index contributed by atoms with van der Waals surface area (Å²) >= 11 is 0. The minimum atomic E-state index is 0. The molecule has 0 atom stereocenters. The summed E-state index contributed by atoms with van der Waals surface area (Å²) in [6.07, 6.45) is 1.91. The molecule has 0 aliphatic rings. The molecule has 104 valence electrons. The SMILES string of the molecule is CC.C[N-]c1c(C(=N)N)c(C)nn1CCCCN.[K+]. The molecule has 1 rings (SSSR count). The second kappa shape index (κ2) is 11.9. The Morgan fingerprint density at radius 3 is 2.37 bits per heavy atom. The topological polar surface area (TPSA) is 108 Å². The molecule has 1 heterocycles. The largest absolute Gasteiger partial charge is 1.00 e. The zero-order valence-corrected chi connectivity index (χ0v) is 15.9. The van der Waals surface area contributed by atoms with Gasteiger partial charge in [-0.15, -0.1) is 0 Å². The Morgan fingerprint density at radius 2 is 1.95 bits per heavy atom. The molecular weight excluding hydrogens is 267 g/mol. The number of hydrogen-bond donors (Lipinski definition) is 3. The number of hydrogen-bond acceptors (Lipinski definition) is 3. The molecule has 7 heteroatoms. The van der Waals surface area contributed by atoms with E-state index < -0.39 is 0 Å². The van der Waals surface area contributed by atoms with Crippen LogP contribution in [0, 0.1) is 12.3 Å². The number of nitrogen functional groups attached to an aromatic ring is 1. The van der Waals surface area contributed by atoms with Gasteiger partial charge in [-0.2, -0.15) is 0 Å². The minimum Gasteiger partial charge on any atom is -0.467 e. The molecule has 0 bridgehead atoms. The molecular formula is C12H25KN6. The van der Waals surface area contributed by atoms with E-state index in [-0.39, 0.29) is 57.2 Å². The van der Waals surface area contributed by atoms with Gasteiger partial charge in [-0.3, -0.25) is 10.5 Å². The molecule has 0 aliphatic heterocycles. The Bertz CT molecular complexity index is 375. The summed E-state index contributed by atoms with van der Waals surface area (Å²) in [4.78, 5) is 0. The van der Waals surface area contributed by atoms with Gasteiger partial charge in [-0.05, 0) is 32.3 Å². The van der Waals surface area contributed by atoms with Gasteiger partial charge in [0, 0.05) is 11.3 Å². The van der Waals surface area contributed by atoms with Crippen molar-refractivity contribution in [2.24, 2.45) is 11.5 Å². The van der Waals surface area contributed by atoms with Gasteiger partial charge in [0.25, 0.3) is 0 Å². The predicted molar refractivity (Wildman–Crippen MR) is 76.6 cm³/mol. The maximum absolute atomic E-state index is 7.49. The molecule has 6 nitrogen and oxygen atoms in total. The van der Waals surface area contributed by atoms with Crippen molar-refractivity contribution in [3.63, 3.8) is 0 Å². The van der Waals surface area contributed by atoms with Gasteiger partial charge < -0.3 is 21.5 Å². The van der Waals surface area contributed by atoms with Gasteiger partial charge in [0.05, 0.1) is 0 Å². The zero-order valence-electron chi connectivity index (χ0n) is 12.8. The van der Waals surface area contributed by atoms with Crippen molar-refractivity contribution >= 4 is 11.7 Å². The molecule has 0 spiro atoms. The summed E-state index contributed by atoms with van der Waals surface area (Å²) in [6, 6.07) is 0. The van der Waals surface area contributed by atoms with Crippen molar-refractivity contribution in [1.29, 1.82) is 5.41 Å². The standard InChI is InChI=1S/C10H19N6.C2H6.K/c1-7-8(9(12)13)10(14-2)16(15-7)6-4-3-5-11;1-2;/h3-6,11H2,1-2H3,(H3,12,13);1-2H3;/q-1;;+1. The van der Waals surface area contributed by atoms with E-state index in [0.717, 1.165) is 25.1 Å². The average molecular weight is 292 g/mol. The van der Waals surface area contributed by atoms with Crippen LogP contribution < -0.4 is 62.9 Å². The van der Waals surface area contributed by atoms with Crippen LogP contribution in [0.5, 0.6) is 0 Å². The fraction of sp³-hybridized carbons (Fsp3) is 0.667. The van der Waals surface area contributed by atoms with Crippen LogP contribution in [-0.2, 0) is 6.54 Å². The summed E-state index contributed by atoms with van der Waals surface area (Å²) in [5.74, 6) is 0.699. The minimum absolute atomic E-state index is 0. The smallest absolute Gasteiger partial charge is 0.467 e. The first-order chi connectivity index (χ1) is 8.61. The van der Waals surface area contributed by atoms with Crippen LogP contribution in [0.25, 0.3) is 5.32 Å². The van der Waals surface area contributed by atoms with E-state index >= 15 is 0 Å². The number of rotatable bonds is 6. The third-order valence-electron chi connectivity index (χ3n) is 2.41. The number of nitrogens with one attached hydrogen (secondary N) is 1. The third-order valence-corrected chi connectivity index (χ3v) is 2.41. The van der Waals surface area contributed by atoms with Crippen LogP contribution in [0.2, 0.25) is 0 Å². The summed E-state index contributed by atoms with van der Waals surface area (Å²) in [7, 11) is 1.68. The van der Waals surface area contributed by atoms with Crippen LogP contribution in [0.15, 0.2) is 0 Å². The normalized spacial score (nSPS) is 9.11. The van der Waals surface area contributed by atoms with Crippen molar-refractivity contribution in [1.82, 2.24) is 9.78 Å². The fourth-order valence-electron chi connectivity index (χ4n) is 1.67. The Hall–Kier alpha value is 0.0764. The summed E-state index contributed by atoms with van der Waals surface area (Å²) in [5.41, 5.74) is 12.3. The molecule has 0 unspecified atom stereocenters. The summed E-state index contributed by atoms with van der Waals surface area (Å²) in [6.45, 7) is 7.28. The van der Waals surface area contributed by atoms with Crippen LogP contribution in [0.3, 0.4) is 0 Å². The van der Waals surface area contributed by atoms with Crippen LogP contribution in [-0.4, -0.2) is 29.2 Å². The number of aryl methyl sites for hydroxylation is 2. The summed E-state index contributed by atoms with van der Waals surface area (Å²) in [5, 5.41) is 16.0. The van der Waals surface area contributed by atoms with E-state index in [0.29, 0.717) is 17.9 Å². The molecule has 5 N–H and O–H groups in total. The van der Waals surface area contributed by atoms with E-state index in [1.165, 1.54) is 0 Å². The number of nitrogens with zero attached hydrogens (tertiary/aromatic N) is 3. The first kappa shape index (κ1) is 21.4. The zero-order chi connectivity index (χ0) is 14.1. The molecule has 0 fully saturated rings. The Kier molecular flexibility index (Phi) is 13.4. The van der Waals surface area contributed by atoms with Crippen LogP contribution >= 0.6 is 0 Å². The van der Waals surface area contributed by atoms with E-state index in [4.69, 9.17) is 16.9 Å². The van der Waals surface area contributed by atoms with E-state index in [1.54, 1.807) is 11.7 Å². The molecule has 0 aliphatic carbocycles. The van der Waals surface area contributed by atoms with Gasteiger partial charge in [0.2, 0.25) is 0 Å². The maximum Gasteiger partial charge on any atom is 1.00 e. The third kappa shape index (κ3) is 6.37. The fourth-order valence-corrected chi connectivity index (χ4v) is 1.67. The van der Waals surface area contributed by atoms with Crippen molar-refractivity contribution < 1.29 is 51.4 Å². The van der Waals surface area contributed by atoms with Gasteiger partial charge in [-0.25, -0.2) is 0 Å².